The molecule has 1 aliphatic rings. The zero-order valence-corrected chi connectivity index (χ0v) is 20.9. The Morgan fingerprint density at radius 3 is 2.71 bits per heavy atom. The molecule has 7 heteroatoms. The molecule has 35 heavy (non-hydrogen) atoms. The summed E-state index contributed by atoms with van der Waals surface area (Å²) in [5.74, 6) is 1.78. The van der Waals surface area contributed by atoms with Crippen molar-refractivity contribution in [2.24, 2.45) is 11.8 Å². The third-order valence-electron chi connectivity index (χ3n) is 6.73. The molecule has 0 saturated heterocycles. The van der Waals surface area contributed by atoms with Crippen molar-refractivity contribution in [3.8, 4) is 22.9 Å². The number of fused-ring (bicyclic) bond motifs is 1. The van der Waals surface area contributed by atoms with Crippen LogP contribution in [0.15, 0.2) is 66.1 Å². The van der Waals surface area contributed by atoms with Crippen LogP contribution in [0.4, 0.5) is 5.69 Å². The van der Waals surface area contributed by atoms with Crippen LogP contribution in [0, 0.1) is 18.8 Å². The first-order chi connectivity index (χ1) is 17.0. The maximum atomic E-state index is 13.0. The van der Waals surface area contributed by atoms with Crippen molar-refractivity contribution in [3.63, 3.8) is 0 Å². The van der Waals surface area contributed by atoms with E-state index in [-0.39, 0.29) is 11.8 Å². The van der Waals surface area contributed by atoms with Gasteiger partial charge < -0.3 is 10.1 Å². The molecule has 0 spiro atoms. The summed E-state index contributed by atoms with van der Waals surface area (Å²) in [7, 11) is 0. The second-order valence-electron chi connectivity index (χ2n) is 9.00. The summed E-state index contributed by atoms with van der Waals surface area (Å²) in [6.07, 6.45) is 8.59. The molecular weight excluding hydrogens is 456 g/mol. The monoisotopic (exact) mass is 484 g/mol. The van der Waals surface area contributed by atoms with Crippen LogP contribution in [0.25, 0.3) is 22.0 Å². The zero-order valence-electron chi connectivity index (χ0n) is 20.1. The van der Waals surface area contributed by atoms with Crippen LogP contribution in [-0.4, -0.2) is 27.1 Å². The summed E-state index contributed by atoms with van der Waals surface area (Å²) >= 11 is 1.49. The minimum absolute atomic E-state index is 0.0709. The van der Waals surface area contributed by atoms with Crippen molar-refractivity contribution in [2.75, 3.05) is 11.6 Å². The number of nitrogens with one attached hydrogen (secondary N) is 1. The van der Waals surface area contributed by atoms with Crippen LogP contribution < -0.4 is 10.1 Å². The molecule has 178 valence electrons. The Bertz CT molecular complexity index is 1390. The number of aryl methyl sites for hydroxylation is 1. The Hall–Kier alpha value is -3.45. The van der Waals surface area contributed by atoms with Gasteiger partial charge in [0.05, 0.1) is 11.3 Å². The van der Waals surface area contributed by atoms with E-state index in [2.05, 4.69) is 27.2 Å². The van der Waals surface area contributed by atoms with Gasteiger partial charge in [-0.2, -0.15) is 0 Å². The molecule has 0 radical (unpaired) electrons. The molecule has 4 aromatic rings. The standard InChI is InChI=1S/C28H28N4O2S/c1-17-7-4-8-19(17)26(33)31-23-11-5-9-21-20(23)13-12-18(2)25(21)34-27-22(10-6-15-29-27)24-14-16-30-28(32-24)35-3/h5-6,9-17,19H,4,7-8H2,1-3H3,(H,31,33). The number of carbonyl (C=O) groups is 1. The number of amides is 1. The van der Waals surface area contributed by atoms with Gasteiger partial charge in [-0.05, 0) is 61.8 Å². The fourth-order valence-electron chi connectivity index (χ4n) is 4.80. The van der Waals surface area contributed by atoms with E-state index < -0.39 is 0 Å². The van der Waals surface area contributed by atoms with Gasteiger partial charge in [-0.25, -0.2) is 15.0 Å². The van der Waals surface area contributed by atoms with Crippen molar-refractivity contribution in [2.45, 2.75) is 38.3 Å². The van der Waals surface area contributed by atoms with Crippen molar-refractivity contribution in [3.05, 3.63) is 66.5 Å². The van der Waals surface area contributed by atoms with E-state index in [0.717, 1.165) is 52.5 Å². The van der Waals surface area contributed by atoms with Crippen LogP contribution in [0.5, 0.6) is 11.6 Å². The lowest BCUT2D eigenvalue weighted by Crippen LogP contribution is -2.24. The number of hydrogen-bond acceptors (Lipinski definition) is 6. The van der Waals surface area contributed by atoms with Gasteiger partial charge >= 0.3 is 0 Å². The summed E-state index contributed by atoms with van der Waals surface area (Å²) in [6.45, 7) is 4.18. The molecule has 1 amide bonds. The number of anilines is 1. The summed E-state index contributed by atoms with van der Waals surface area (Å²) in [5.41, 5.74) is 3.33. The molecule has 2 aromatic heterocycles. The van der Waals surface area contributed by atoms with Crippen LogP contribution in [-0.2, 0) is 4.79 Å². The molecule has 2 aromatic carbocycles. The number of thioether (sulfide) groups is 1. The Kier molecular flexibility index (Phi) is 6.68. The molecule has 2 unspecified atom stereocenters. The number of hydrogen-bond donors (Lipinski definition) is 1. The van der Waals surface area contributed by atoms with E-state index in [9.17, 15) is 4.79 Å². The third kappa shape index (κ3) is 4.73. The van der Waals surface area contributed by atoms with E-state index in [0.29, 0.717) is 22.7 Å². The summed E-state index contributed by atoms with van der Waals surface area (Å²) in [5, 5.41) is 5.74. The van der Waals surface area contributed by atoms with Gasteiger partial charge in [0.15, 0.2) is 5.16 Å². The average molecular weight is 485 g/mol. The molecule has 0 bridgehead atoms. The summed E-state index contributed by atoms with van der Waals surface area (Å²) in [4.78, 5) is 26.4. The van der Waals surface area contributed by atoms with Gasteiger partial charge in [-0.3, -0.25) is 4.79 Å². The van der Waals surface area contributed by atoms with Gasteiger partial charge in [-0.1, -0.05) is 49.4 Å². The number of nitrogens with zero attached hydrogens (tertiary/aromatic N) is 3. The minimum Gasteiger partial charge on any atom is -0.437 e. The molecule has 1 saturated carbocycles. The van der Waals surface area contributed by atoms with E-state index in [1.54, 1.807) is 12.4 Å². The fourth-order valence-corrected chi connectivity index (χ4v) is 5.15. The molecule has 1 aliphatic carbocycles. The molecule has 6 nitrogen and oxygen atoms in total. The Morgan fingerprint density at radius 2 is 1.91 bits per heavy atom. The van der Waals surface area contributed by atoms with Gasteiger partial charge in [0.2, 0.25) is 11.8 Å². The van der Waals surface area contributed by atoms with Crippen LogP contribution in [0.2, 0.25) is 0 Å². The zero-order chi connectivity index (χ0) is 24.4. The number of carbonyl (C=O) groups excluding carboxylic acids is 1. The molecule has 5 rings (SSSR count). The molecule has 0 aliphatic heterocycles. The van der Waals surface area contributed by atoms with Gasteiger partial charge in [-0.15, -0.1) is 0 Å². The quantitative estimate of drug-likeness (QED) is 0.237. The number of pyridine rings is 1. The highest BCUT2D eigenvalue weighted by atomic mass is 32.2. The molecule has 1 fully saturated rings. The predicted molar refractivity (Wildman–Crippen MR) is 141 cm³/mol. The van der Waals surface area contributed by atoms with Crippen LogP contribution in [0.3, 0.4) is 0 Å². The first kappa shape index (κ1) is 23.3. The number of ether oxygens (including phenoxy) is 1. The number of rotatable bonds is 6. The summed E-state index contributed by atoms with van der Waals surface area (Å²) < 4.78 is 6.47. The second kappa shape index (κ2) is 10.0. The second-order valence-corrected chi connectivity index (χ2v) is 9.78. The third-order valence-corrected chi connectivity index (χ3v) is 7.29. The van der Waals surface area contributed by atoms with Gasteiger partial charge in [0.1, 0.15) is 5.75 Å². The summed E-state index contributed by atoms with van der Waals surface area (Å²) in [6, 6.07) is 15.7. The lowest BCUT2D eigenvalue weighted by Gasteiger charge is -2.18. The highest BCUT2D eigenvalue weighted by Crippen LogP contribution is 2.39. The number of aromatic nitrogens is 3. The maximum Gasteiger partial charge on any atom is 0.228 e. The van der Waals surface area contributed by atoms with Crippen molar-refractivity contribution >= 4 is 34.1 Å². The molecule has 1 N–H and O–H groups in total. The smallest absolute Gasteiger partial charge is 0.228 e. The van der Waals surface area contributed by atoms with Gasteiger partial charge in [0, 0.05) is 34.8 Å². The SMILES string of the molecule is CSc1nccc(-c2cccnc2Oc2c(C)ccc3c(NC(=O)C4CCCC4C)cccc23)n1. The van der Waals surface area contributed by atoms with Crippen molar-refractivity contribution in [1.29, 1.82) is 0 Å². The van der Waals surface area contributed by atoms with Crippen molar-refractivity contribution < 1.29 is 9.53 Å². The molecule has 2 heterocycles. The first-order valence-electron chi connectivity index (χ1n) is 11.9. The van der Waals surface area contributed by atoms with E-state index in [1.807, 2.05) is 61.7 Å². The molecular formula is C28H28N4O2S. The highest BCUT2D eigenvalue weighted by Gasteiger charge is 2.30. The minimum atomic E-state index is 0.0709. The Balaban J connectivity index is 1.52. The first-order valence-corrected chi connectivity index (χ1v) is 13.1. The highest BCUT2D eigenvalue weighted by molar-refractivity contribution is 7.98. The fraction of sp³-hybridized carbons (Fsp3) is 0.286. The number of benzene rings is 2. The van der Waals surface area contributed by atoms with E-state index in [4.69, 9.17) is 4.74 Å². The predicted octanol–water partition coefficient (Wildman–Crippen LogP) is 6.89. The van der Waals surface area contributed by atoms with Crippen LogP contribution >= 0.6 is 11.8 Å². The average Bonchev–Trinajstić information content (AvgIpc) is 3.32. The van der Waals surface area contributed by atoms with E-state index >= 15 is 0 Å². The van der Waals surface area contributed by atoms with E-state index in [1.165, 1.54) is 11.8 Å². The van der Waals surface area contributed by atoms with Crippen LogP contribution in [0.1, 0.15) is 31.7 Å². The largest absolute Gasteiger partial charge is 0.437 e. The normalized spacial score (nSPS) is 17.5. The van der Waals surface area contributed by atoms with Gasteiger partial charge in [0.25, 0.3) is 0 Å². The topological polar surface area (TPSA) is 77.0 Å². The lowest BCUT2D eigenvalue weighted by atomic mass is 9.97. The molecule has 2 atom stereocenters. The maximum absolute atomic E-state index is 13.0. The Labute approximate surface area is 209 Å². The Morgan fingerprint density at radius 1 is 1.03 bits per heavy atom. The lowest BCUT2D eigenvalue weighted by molar-refractivity contribution is -0.120. The van der Waals surface area contributed by atoms with Crippen molar-refractivity contribution in [1.82, 2.24) is 15.0 Å².